The molecule has 7 nitrogen and oxygen atoms in total. The number of pyridine rings is 1. The summed E-state index contributed by atoms with van der Waals surface area (Å²) in [5, 5.41) is 0.519. The maximum atomic E-state index is 13.8. The van der Waals surface area contributed by atoms with E-state index in [1.54, 1.807) is 36.4 Å². The van der Waals surface area contributed by atoms with Crippen molar-refractivity contribution in [3.8, 4) is 11.5 Å². The maximum absolute atomic E-state index is 13.8. The van der Waals surface area contributed by atoms with Crippen LogP contribution in [0.15, 0.2) is 82.3 Å². The van der Waals surface area contributed by atoms with Crippen LogP contribution in [-0.4, -0.2) is 19.3 Å². The average molecular weight is 411 g/mol. The molecule has 0 unspecified atom stereocenters. The Kier molecular flexibility index (Phi) is 4.83. The Morgan fingerprint density at radius 3 is 2.52 bits per heavy atom. The van der Waals surface area contributed by atoms with Gasteiger partial charge in [-0.3, -0.25) is 10.2 Å². The zero-order valence-corrected chi connectivity index (χ0v) is 15.6. The number of hydrogen-bond acceptors (Lipinski definition) is 5. The first-order chi connectivity index (χ1) is 14.0. The van der Waals surface area contributed by atoms with Crippen molar-refractivity contribution in [1.82, 2.24) is 15.2 Å². The fourth-order valence-corrected chi connectivity index (χ4v) is 3.73. The van der Waals surface area contributed by atoms with Gasteiger partial charge >= 0.3 is 0 Å². The summed E-state index contributed by atoms with van der Waals surface area (Å²) in [6.45, 7) is 0. The molecule has 0 aliphatic carbocycles. The highest BCUT2D eigenvalue weighted by Gasteiger charge is 2.21. The number of halogens is 1. The number of para-hydroxylation sites is 1. The zero-order valence-electron chi connectivity index (χ0n) is 14.8. The molecule has 0 radical (unpaired) electrons. The predicted octanol–water partition coefficient (Wildman–Crippen LogP) is 3.26. The number of sulfonamides is 1. The SMILES string of the molecule is O=C(NNS(=O)(=O)c1ccccc1F)c1cc(-c2ccco2)nc2ccccc12. The van der Waals surface area contributed by atoms with Crippen LogP contribution in [0.3, 0.4) is 0 Å². The molecule has 0 spiro atoms. The van der Waals surface area contributed by atoms with Gasteiger partial charge in [-0.1, -0.05) is 30.3 Å². The number of hydrogen-bond donors (Lipinski definition) is 2. The Bertz CT molecular complexity index is 1300. The molecule has 4 aromatic rings. The highest BCUT2D eigenvalue weighted by Crippen LogP contribution is 2.25. The lowest BCUT2D eigenvalue weighted by Crippen LogP contribution is -2.41. The van der Waals surface area contributed by atoms with Gasteiger partial charge in [0, 0.05) is 5.39 Å². The number of rotatable bonds is 5. The van der Waals surface area contributed by atoms with Gasteiger partial charge in [-0.05, 0) is 36.4 Å². The van der Waals surface area contributed by atoms with E-state index in [1.807, 2.05) is 4.83 Å². The minimum atomic E-state index is -4.29. The first kappa shape index (κ1) is 18.8. The van der Waals surface area contributed by atoms with E-state index >= 15 is 0 Å². The van der Waals surface area contributed by atoms with E-state index in [4.69, 9.17) is 4.42 Å². The summed E-state index contributed by atoms with van der Waals surface area (Å²) < 4.78 is 43.8. The van der Waals surface area contributed by atoms with Crippen LogP contribution in [0, 0.1) is 5.82 Å². The molecule has 2 N–H and O–H groups in total. The summed E-state index contributed by atoms with van der Waals surface area (Å²) in [5.41, 5.74) is 3.25. The Balaban J connectivity index is 1.67. The number of aromatic nitrogens is 1. The van der Waals surface area contributed by atoms with Crippen LogP contribution in [-0.2, 0) is 10.0 Å². The van der Waals surface area contributed by atoms with Crippen molar-refractivity contribution in [3.63, 3.8) is 0 Å². The van der Waals surface area contributed by atoms with E-state index in [1.165, 1.54) is 24.5 Å². The van der Waals surface area contributed by atoms with Crippen LogP contribution >= 0.6 is 0 Å². The molecular weight excluding hydrogens is 397 g/mol. The number of furan rings is 1. The van der Waals surface area contributed by atoms with Crippen LogP contribution < -0.4 is 10.3 Å². The Morgan fingerprint density at radius 1 is 1.00 bits per heavy atom. The van der Waals surface area contributed by atoms with Crippen molar-refractivity contribution >= 4 is 26.8 Å². The summed E-state index contributed by atoms with van der Waals surface area (Å²) >= 11 is 0. The number of nitrogens with one attached hydrogen (secondary N) is 2. The number of carbonyl (C=O) groups is 1. The lowest BCUT2D eigenvalue weighted by Gasteiger charge is -2.11. The smallest absolute Gasteiger partial charge is 0.267 e. The predicted molar refractivity (Wildman–Crippen MR) is 104 cm³/mol. The van der Waals surface area contributed by atoms with Gasteiger partial charge in [-0.25, -0.2) is 17.8 Å². The van der Waals surface area contributed by atoms with Crippen LogP contribution in [0.5, 0.6) is 0 Å². The normalized spacial score (nSPS) is 11.5. The maximum Gasteiger partial charge on any atom is 0.267 e. The lowest BCUT2D eigenvalue weighted by molar-refractivity contribution is 0.0946. The van der Waals surface area contributed by atoms with E-state index in [0.717, 1.165) is 12.1 Å². The molecule has 4 rings (SSSR count). The molecule has 0 aliphatic heterocycles. The number of hydrazine groups is 1. The standard InChI is InChI=1S/C20H14FN3O4S/c21-15-7-2-4-10-19(15)29(26,27)24-23-20(25)14-12-17(18-9-5-11-28-18)22-16-8-3-1-6-13(14)16/h1-12,24H,(H,23,25). The Labute approximate surface area is 165 Å². The third kappa shape index (κ3) is 3.73. The van der Waals surface area contributed by atoms with Gasteiger partial charge in [0.05, 0.1) is 17.3 Å². The zero-order chi connectivity index (χ0) is 20.4. The quantitative estimate of drug-likeness (QED) is 0.491. The second kappa shape index (κ2) is 7.46. The second-order valence-electron chi connectivity index (χ2n) is 6.04. The third-order valence-electron chi connectivity index (χ3n) is 4.16. The van der Waals surface area contributed by atoms with E-state index in [2.05, 4.69) is 10.4 Å². The molecule has 0 fully saturated rings. The number of nitrogens with zero attached hydrogens (tertiary/aromatic N) is 1. The van der Waals surface area contributed by atoms with Crippen molar-refractivity contribution < 1.29 is 22.0 Å². The molecule has 1 amide bonds. The summed E-state index contributed by atoms with van der Waals surface area (Å²) in [6.07, 6.45) is 1.48. The second-order valence-corrected chi connectivity index (χ2v) is 7.69. The average Bonchev–Trinajstić information content (AvgIpc) is 3.26. The number of amides is 1. The molecule has 29 heavy (non-hydrogen) atoms. The van der Waals surface area contributed by atoms with Crippen molar-refractivity contribution in [2.75, 3.05) is 0 Å². The first-order valence-corrected chi connectivity index (χ1v) is 9.94. The van der Waals surface area contributed by atoms with Crippen molar-refractivity contribution in [2.24, 2.45) is 0 Å². The molecular formula is C20H14FN3O4S. The third-order valence-corrected chi connectivity index (χ3v) is 5.44. The van der Waals surface area contributed by atoms with E-state index in [9.17, 15) is 17.6 Å². The summed E-state index contributed by atoms with van der Waals surface area (Å²) in [6, 6.07) is 16.7. The molecule has 0 aliphatic rings. The Hall–Kier alpha value is -3.56. The fourth-order valence-electron chi connectivity index (χ4n) is 2.81. The highest BCUT2D eigenvalue weighted by molar-refractivity contribution is 7.89. The van der Waals surface area contributed by atoms with E-state index in [-0.39, 0.29) is 5.56 Å². The van der Waals surface area contributed by atoms with Gasteiger partial charge in [-0.15, -0.1) is 4.83 Å². The summed E-state index contributed by atoms with van der Waals surface area (Å²) in [4.78, 5) is 18.6. The highest BCUT2D eigenvalue weighted by atomic mass is 32.2. The van der Waals surface area contributed by atoms with Gasteiger partial charge in [0.2, 0.25) is 0 Å². The van der Waals surface area contributed by atoms with Gasteiger partial charge in [0.25, 0.3) is 15.9 Å². The fraction of sp³-hybridized carbons (Fsp3) is 0. The van der Waals surface area contributed by atoms with Gasteiger partial charge in [-0.2, -0.15) is 0 Å². The van der Waals surface area contributed by atoms with Crippen LogP contribution in [0.25, 0.3) is 22.4 Å². The van der Waals surface area contributed by atoms with Crippen LogP contribution in [0.2, 0.25) is 0 Å². The minimum Gasteiger partial charge on any atom is -0.463 e. The summed E-state index contributed by atoms with van der Waals surface area (Å²) in [5.74, 6) is -1.20. The molecule has 0 bridgehead atoms. The molecule has 9 heteroatoms. The van der Waals surface area contributed by atoms with Gasteiger partial charge < -0.3 is 4.42 Å². The van der Waals surface area contributed by atoms with Gasteiger partial charge in [0.15, 0.2) is 5.76 Å². The summed E-state index contributed by atoms with van der Waals surface area (Å²) in [7, 11) is -4.29. The van der Waals surface area contributed by atoms with E-state index < -0.39 is 26.6 Å². The Morgan fingerprint density at radius 2 is 1.76 bits per heavy atom. The van der Waals surface area contributed by atoms with Crippen molar-refractivity contribution in [3.05, 3.63) is 84.4 Å². The van der Waals surface area contributed by atoms with Crippen LogP contribution in [0.1, 0.15) is 10.4 Å². The lowest BCUT2D eigenvalue weighted by atomic mass is 10.1. The van der Waals surface area contributed by atoms with Crippen molar-refractivity contribution in [2.45, 2.75) is 4.90 Å². The monoisotopic (exact) mass is 411 g/mol. The minimum absolute atomic E-state index is 0.179. The number of benzene rings is 2. The molecule has 146 valence electrons. The molecule has 2 aromatic heterocycles. The number of fused-ring (bicyclic) bond motifs is 1. The largest absolute Gasteiger partial charge is 0.463 e. The van der Waals surface area contributed by atoms with Crippen LogP contribution in [0.4, 0.5) is 4.39 Å². The molecule has 0 atom stereocenters. The molecule has 0 saturated heterocycles. The van der Waals surface area contributed by atoms with Gasteiger partial charge in [0.1, 0.15) is 16.4 Å². The topological polar surface area (TPSA) is 101 Å². The molecule has 2 aromatic carbocycles. The molecule has 0 saturated carbocycles. The molecule has 2 heterocycles. The van der Waals surface area contributed by atoms with Crippen molar-refractivity contribution in [1.29, 1.82) is 0 Å². The number of carbonyl (C=O) groups excluding carboxylic acids is 1. The van der Waals surface area contributed by atoms with E-state index in [0.29, 0.717) is 22.4 Å². The first-order valence-electron chi connectivity index (χ1n) is 8.46.